The second-order valence-electron chi connectivity index (χ2n) is 4.54. The van der Waals surface area contributed by atoms with Crippen LogP contribution in [0.15, 0.2) is 35.4 Å². The molecule has 1 aromatic heterocycles. The van der Waals surface area contributed by atoms with Gasteiger partial charge < -0.3 is 0 Å². The molecule has 1 amide bonds. The number of benzene rings is 1. The van der Waals surface area contributed by atoms with Gasteiger partial charge in [-0.2, -0.15) is 15.2 Å². The van der Waals surface area contributed by atoms with E-state index in [9.17, 15) is 4.79 Å². The maximum Gasteiger partial charge on any atom is 0.259 e. The van der Waals surface area contributed by atoms with Crippen molar-refractivity contribution in [3.8, 4) is 5.69 Å². The molecule has 2 aromatic rings. The minimum absolute atomic E-state index is 0.129. The van der Waals surface area contributed by atoms with Crippen molar-refractivity contribution >= 4 is 52.0 Å². The lowest BCUT2D eigenvalue weighted by atomic mass is 10.3. The molecule has 0 spiro atoms. The number of rotatable bonds is 3. The Morgan fingerprint density at radius 1 is 1.41 bits per heavy atom. The van der Waals surface area contributed by atoms with Crippen molar-refractivity contribution in [2.45, 2.75) is 6.92 Å². The fraction of sp³-hybridized carbons (Fsp3) is 0.143. The Kier molecular flexibility index (Phi) is 4.28. The number of thioether (sulfide) groups is 1. The molecular formula is C14H11ClN4OS2. The summed E-state index contributed by atoms with van der Waals surface area (Å²) >= 11 is 12.8. The van der Waals surface area contributed by atoms with Crippen molar-refractivity contribution in [2.24, 2.45) is 5.10 Å². The van der Waals surface area contributed by atoms with Gasteiger partial charge in [-0.15, -0.1) is 0 Å². The van der Waals surface area contributed by atoms with E-state index in [2.05, 4.69) is 10.2 Å². The highest BCUT2D eigenvalue weighted by Gasteiger charge is 2.26. The van der Waals surface area contributed by atoms with E-state index in [1.165, 1.54) is 23.0 Å². The van der Waals surface area contributed by atoms with E-state index >= 15 is 0 Å². The fourth-order valence-electron chi connectivity index (χ4n) is 1.97. The molecule has 112 valence electrons. The summed E-state index contributed by atoms with van der Waals surface area (Å²) in [5.41, 5.74) is 2.25. The van der Waals surface area contributed by atoms with Crippen molar-refractivity contribution in [3.05, 3.63) is 46.7 Å². The molecule has 3 rings (SSSR count). The lowest BCUT2D eigenvalue weighted by molar-refractivity contribution is -0.123. The lowest BCUT2D eigenvalue weighted by Gasteiger charge is -2.06. The Morgan fingerprint density at radius 2 is 2.14 bits per heavy atom. The normalized spacial score (nSPS) is 15.3. The summed E-state index contributed by atoms with van der Waals surface area (Å²) in [6, 6.07) is 9.57. The number of thiocarbonyl (C=S) groups is 1. The molecule has 0 bridgehead atoms. The van der Waals surface area contributed by atoms with Gasteiger partial charge in [0.1, 0.15) is 5.15 Å². The number of aryl methyl sites for hydroxylation is 1. The van der Waals surface area contributed by atoms with Crippen LogP contribution in [0.3, 0.4) is 0 Å². The topological polar surface area (TPSA) is 50.5 Å². The van der Waals surface area contributed by atoms with Gasteiger partial charge in [0.2, 0.25) is 0 Å². The zero-order valence-corrected chi connectivity index (χ0v) is 14.0. The maximum absolute atomic E-state index is 11.7. The molecule has 5 nitrogen and oxygen atoms in total. The molecular weight excluding hydrogens is 340 g/mol. The summed E-state index contributed by atoms with van der Waals surface area (Å²) in [5, 5.41) is 10.2. The first-order valence-corrected chi connectivity index (χ1v) is 8.19. The van der Waals surface area contributed by atoms with Crippen LogP contribution in [0.5, 0.6) is 0 Å². The van der Waals surface area contributed by atoms with Crippen LogP contribution in [0.4, 0.5) is 0 Å². The molecule has 2 heterocycles. The van der Waals surface area contributed by atoms with Crippen LogP contribution in [0.2, 0.25) is 5.15 Å². The summed E-state index contributed by atoms with van der Waals surface area (Å²) in [5.74, 6) is 0.196. The van der Waals surface area contributed by atoms with E-state index in [-0.39, 0.29) is 5.91 Å². The average molecular weight is 351 g/mol. The van der Waals surface area contributed by atoms with Gasteiger partial charge in [-0.25, -0.2) is 4.68 Å². The molecule has 0 radical (unpaired) electrons. The van der Waals surface area contributed by atoms with Crippen molar-refractivity contribution in [3.63, 3.8) is 0 Å². The largest absolute Gasteiger partial charge is 0.272 e. The van der Waals surface area contributed by atoms with Crippen molar-refractivity contribution in [1.29, 1.82) is 0 Å². The Morgan fingerprint density at radius 3 is 2.77 bits per heavy atom. The van der Waals surface area contributed by atoms with E-state index in [1.807, 2.05) is 37.3 Å². The molecule has 1 fully saturated rings. The third-order valence-corrected chi connectivity index (χ3v) is 4.78. The highest BCUT2D eigenvalue weighted by molar-refractivity contribution is 8.23. The number of carbonyl (C=O) groups is 1. The monoisotopic (exact) mass is 350 g/mol. The van der Waals surface area contributed by atoms with Gasteiger partial charge in [-0.05, 0) is 19.1 Å². The van der Waals surface area contributed by atoms with Crippen molar-refractivity contribution in [2.75, 3.05) is 5.75 Å². The van der Waals surface area contributed by atoms with Crippen LogP contribution in [-0.4, -0.2) is 37.0 Å². The van der Waals surface area contributed by atoms with Gasteiger partial charge >= 0.3 is 0 Å². The summed E-state index contributed by atoms with van der Waals surface area (Å²) in [6.45, 7) is 1.84. The molecule has 0 atom stereocenters. The van der Waals surface area contributed by atoms with E-state index in [0.717, 1.165) is 11.4 Å². The summed E-state index contributed by atoms with van der Waals surface area (Å²) in [6.07, 6.45) is 1.53. The molecule has 1 saturated heterocycles. The highest BCUT2D eigenvalue weighted by atomic mass is 35.5. The summed E-state index contributed by atoms with van der Waals surface area (Å²) < 4.78 is 2.09. The van der Waals surface area contributed by atoms with E-state index in [0.29, 0.717) is 20.8 Å². The van der Waals surface area contributed by atoms with Crippen LogP contribution in [0.25, 0.3) is 5.69 Å². The first-order valence-electron chi connectivity index (χ1n) is 6.42. The second-order valence-corrected chi connectivity index (χ2v) is 6.51. The Bertz CT molecular complexity index is 757. The number of hydrogen-bond donors (Lipinski definition) is 0. The number of hydrogen-bond acceptors (Lipinski definition) is 5. The minimum atomic E-state index is -0.129. The number of nitrogens with zero attached hydrogens (tertiary/aromatic N) is 4. The fourth-order valence-corrected chi connectivity index (χ4v) is 3.26. The first-order chi connectivity index (χ1) is 10.6. The molecule has 1 aliphatic heterocycles. The molecule has 22 heavy (non-hydrogen) atoms. The molecule has 8 heteroatoms. The van der Waals surface area contributed by atoms with Crippen LogP contribution in [0.1, 0.15) is 11.3 Å². The van der Waals surface area contributed by atoms with Crippen molar-refractivity contribution in [1.82, 2.24) is 14.8 Å². The number of carbonyl (C=O) groups excluding carboxylic acids is 1. The predicted octanol–water partition coefficient (Wildman–Crippen LogP) is 3.03. The van der Waals surface area contributed by atoms with E-state index < -0.39 is 0 Å². The van der Waals surface area contributed by atoms with Crippen LogP contribution in [0, 0.1) is 6.92 Å². The Hall–Kier alpha value is -1.70. The standard InChI is InChI=1S/C14H11ClN4OS2/c1-9-11(7-16-19-12(20)8-22-14(19)21)13(15)18(17-9)10-5-3-2-4-6-10/h2-7H,8H2,1H3. The minimum Gasteiger partial charge on any atom is -0.272 e. The lowest BCUT2D eigenvalue weighted by Crippen LogP contribution is -2.22. The predicted molar refractivity (Wildman–Crippen MR) is 92.8 cm³/mol. The summed E-state index contributed by atoms with van der Waals surface area (Å²) in [7, 11) is 0. The highest BCUT2D eigenvalue weighted by Crippen LogP contribution is 2.23. The molecule has 0 aliphatic carbocycles. The van der Waals surface area contributed by atoms with Crippen molar-refractivity contribution < 1.29 is 4.79 Å². The number of hydrazone groups is 1. The van der Waals surface area contributed by atoms with E-state index in [4.69, 9.17) is 23.8 Å². The molecule has 0 saturated carbocycles. The molecule has 0 N–H and O–H groups in total. The Labute approximate surface area is 141 Å². The van der Waals surface area contributed by atoms with Gasteiger partial charge in [-0.1, -0.05) is 53.8 Å². The zero-order chi connectivity index (χ0) is 15.7. The maximum atomic E-state index is 11.7. The Balaban J connectivity index is 1.94. The van der Waals surface area contributed by atoms with Gasteiger partial charge in [0.15, 0.2) is 4.32 Å². The average Bonchev–Trinajstić information content (AvgIpc) is 2.99. The third kappa shape index (κ3) is 2.79. The quantitative estimate of drug-likeness (QED) is 0.630. The van der Waals surface area contributed by atoms with E-state index in [1.54, 1.807) is 4.68 Å². The second kappa shape index (κ2) is 6.20. The van der Waals surface area contributed by atoms with Crippen LogP contribution < -0.4 is 0 Å². The number of amides is 1. The molecule has 1 aliphatic rings. The van der Waals surface area contributed by atoms with Gasteiger partial charge in [0, 0.05) is 0 Å². The number of halogens is 1. The number of para-hydroxylation sites is 1. The number of aromatic nitrogens is 2. The van der Waals surface area contributed by atoms with Crippen LogP contribution >= 0.6 is 35.6 Å². The third-order valence-electron chi connectivity index (χ3n) is 3.08. The SMILES string of the molecule is Cc1nn(-c2ccccc2)c(Cl)c1C=NN1C(=O)CSC1=S. The zero-order valence-electron chi connectivity index (χ0n) is 11.6. The smallest absolute Gasteiger partial charge is 0.259 e. The molecule has 0 unspecified atom stereocenters. The molecule has 1 aromatic carbocycles. The van der Waals surface area contributed by atoms with Gasteiger partial charge in [-0.3, -0.25) is 4.79 Å². The summed E-state index contributed by atoms with van der Waals surface area (Å²) in [4.78, 5) is 11.7. The van der Waals surface area contributed by atoms with Crippen LogP contribution in [-0.2, 0) is 4.79 Å². The first kappa shape index (κ1) is 15.2. The van der Waals surface area contributed by atoms with Gasteiger partial charge in [0.05, 0.1) is 28.9 Å². The van der Waals surface area contributed by atoms with Gasteiger partial charge in [0.25, 0.3) is 5.91 Å².